The Morgan fingerprint density at radius 1 is 1.38 bits per heavy atom. The van der Waals surface area contributed by atoms with E-state index in [-0.39, 0.29) is 0 Å². The van der Waals surface area contributed by atoms with Gasteiger partial charge in [-0.25, -0.2) is 4.79 Å². The molecule has 0 saturated heterocycles. The van der Waals surface area contributed by atoms with Crippen molar-refractivity contribution in [1.29, 1.82) is 0 Å². The Morgan fingerprint density at radius 2 is 1.85 bits per heavy atom. The normalized spacial score (nSPS) is 12.8. The lowest BCUT2D eigenvalue weighted by atomic mass is 10.6. The van der Waals surface area contributed by atoms with Crippen LogP contribution in [-0.4, -0.2) is 20.5 Å². The van der Waals surface area contributed by atoms with E-state index < -0.39 is 20.5 Å². The number of rotatable bonds is 3. The quantitative estimate of drug-likeness (QED) is 0.675. The van der Waals surface area contributed by atoms with Crippen molar-refractivity contribution in [3.8, 4) is 0 Å². The largest absolute Gasteiger partial charge is 0.513 e. The molecule has 0 bridgehead atoms. The highest BCUT2D eigenvalue weighted by Crippen LogP contribution is 2.22. The second-order valence-electron chi connectivity index (χ2n) is 3.40. The molecule has 0 unspecified atom stereocenters. The van der Waals surface area contributed by atoms with Gasteiger partial charge in [0, 0.05) is 0 Å². The van der Waals surface area contributed by atoms with Crippen molar-refractivity contribution in [2.24, 2.45) is 0 Å². The summed E-state index contributed by atoms with van der Waals surface area (Å²) in [6.07, 6.45) is -4.14. The zero-order valence-corrected chi connectivity index (χ0v) is 8.86. The minimum atomic E-state index is -4.86. The molecule has 0 aromatic heterocycles. The van der Waals surface area contributed by atoms with Gasteiger partial charge in [0.1, 0.15) is 0 Å². The molecule has 0 heterocycles. The van der Waals surface area contributed by atoms with Crippen molar-refractivity contribution in [2.75, 3.05) is 0 Å². The second-order valence-corrected chi connectivity index (χ2v) is 7.62. The third-order valence-corrected chi connectivity index (χ3v) is 3.89. The van der Waals surface area contributed by atoms with E-state index in [1.54, 1.807) is 13.1 Å². The Kier molecular flexibility index (Phi) is 3.96. The zero-order valence-electron chi connectivity index (χ0n) is 7.86. The average Bonchev–Trinajstić information content (AvgIpc) is 1.83. The molecule has 0 atom stereocenters. The maximum absolute atomic E-state index is 11.8. The molecule has 0 radical (unpaired) electrons. The molecule has 78 valence electrons. The van der Waals surface area contributed by atoms with Crippen LogP contribution < -0.4 is 0 Å². The monoisotopic (exact) mass is 214 g/mol. The van der Waals surface area contributed by atoms with Gasteiger partial charge in [-0.2, -0.15) is 13.2 Å². The van der Waals surface area contributed by atoms with Gasteiger partial charge in [0.05, 0.1) is 0 Å². The molecule has 0 fully saturated rings. The van der Waals surface area contributed by atoms with Crippen LogP contribution in [0.1, 0.15) is 13.3 Å². The smallest absolute Gasteiger partial charge is 0.489 e. The molecule has 0 spiro atoms. The van der Waals surface area contributed by atoms with Crippen LogP contribution in [0.3, 0.4) is 0 Å². The van der Waals surface area contributed by atoms with Crippen molar-refractivity contribution in [3.05, 3.63) is 0 Å². The van der Waals surface area contributed by atoms with E-state index in [1.807, 2.05) is 6.92 Å². The van der Waals surface area contributed by atoms with Crippen molar-refractivity contribution in [1.82, 2.24) is 0 Å². The van der Waals surface area contributed by atoms with E-state index in [4.69, 9.17) is 0 Å². The van der Waals surface area contributed by atoms with Crippen LogP contribution in [0.4, 0.5) is 13.2 Å². The number of hydrogen-bond donors (Lipinski definition) is 0. The first-order chi connectivity index (χ1) is 5.69. The van der Waals surface area contributed by atoms with Crippen molar-refractivity contribution in [3.63, 3.8) is 0 Å². The summed E-state index contributed by atoms with van der Waals surface area (Å²) in [7, 11) is -2.45. The number of hydrogen-bond acceptors (Lipinski definition) is 2. The average molecular weight is 214 g/mol. The van der Waals surface area contributed by atoms with Gasteiger partial charge >= 0.3 is 12.1 Å². The second kappa shape index (κ2) is 4.12. The molecule has 0 amide bonds. The van der Waals surface area contributed by atoms with Crippen LogP contribution in [0.15, 0.2) is 0 Å². The maximum Gasteiger partial charge on any atom is 0.489 e. The maximum atomic E-state index is 11.8. The number of alkyl halides is 3. The Bertz CT molecular complexity index is 189. The van der Waals surface area contributed by atoms with E-state index in [9.17, 15) is 18.0 Å². The summed E-state index contributed by atoms with van der Waals surface area (Å²) in [5.41, 5.74) is 0. The van der Waals surface area contributed by atoms with Crippen LogP contribution in [0, 0.1) is 0 Å². The lowest BCUT2D eigenvalue weighted by molar-refractivity contribution is -0.190. The van der Waals surface area contributed by atoms with E-state index in [0.717, 1.165) is 6.42 Å². The lowest BCUT2D eigenvalue weighted by Gasteiger charge is -2.22. The Morgan fingerprint density at radius 3 is 2.15 bits per heavy atom. The summed E-state index contributed by atoms with van der Waals surface area (Å²) in [6, 6.07) is 0.550. The Hall–Kier alpha value is -0.523. The van der Waals surface area contributed by atoms with Crippen LogP contribution >= 0.6 is 0 Å². The highest BCUT2D eigenvalue weighted by Gasteiger charge is 2.43. The molecule has 0 aliphatic carbocycles. The minimum Gasteiger partial charge on any atom is -0.513 e. The summed E-state index contributed by atoms with van der Waals surface area (Å²) >= 11 is 0. The number of carbonyl (C=O) groups excluding carboxylic acids is 1. The highest BCUT2D eigenvalue weighted by atomic mass is 28.4. The molecule has 0 aromatic rings. The fourth-order valence-electron chi connectivity index (χ4n) is 0.962. The third kappa shape index (κ3) is 4.92. The first kappa shape index (κ1) is 12.5. The summed E-state index contributed by atoms with van der Waals surface area (Å²) in [4.78, 5) is 10.4. The molecule has 6 heteroatoms. The first-order valence-electron chi connectivity index (χ1n) is 3.99. The highest BCUT2D eigenvalue weighted by molar-refractivity contribution is 6.72. The molecule has 2 nitrogen and oxygen atoms in total. The SMILES string of the molecule is CCC[Si](C)(C)OC(=O)C(F)(F)F. The van der Waals surface area contributed by atoms with E-state index in [0.29, 0.717) is 6.04 Å². The Balaban J connectivity index is 4.20. The predicted molar refractivity (Wildman–Crippen MR) is 44.7 cm³/mol. The van der Waals surface area contributed by atoms with Gasteiger partial charge in [-0.15, -0.1) is 0 Å². The van der Waals surface area contributed by atoms with E-state index >= 15 is 0 Å². The molecule has 0 saturated carbocycles. The summed E-state index contributed by atoms with van der Waals surface area (Å²) in [5, 5.41) is 0. The first-order valence-corrected chi connectivity index (χ1v) is 7.11. The van der Waals surface area contributed by atoms with Crippen molar-refractivity contribution in [2.45, 2.75) is 38.7 Å². The molecule has 0 aliphatic heterocycles. The van der Waals surface area contributed by atoms with Gasteiger partial charge in [0.2, 0.25) is 8.32 Å². The molecule has 0 aromatic carbocycles. The van der Waals surface area contributed by atoms with E-state index in [2.05, 4.69) is 4.43 Å². The van der Waals surface area contributed by atoms with Crippen molar-refractivity contribution >= 4 is 14.3 Å². The molecule has 0 aliphatic rings. The minimum absolute atomic E-state index is 0.550. The van der Waals surface area contributed by atoms with Gasteiger partial charge < -0.3 is 4.43 Å². The molecular formula is C7H13F3O2Si. The van der Waals surface area contributed by atoms with Gasteiger partial charge in [-0.3, -0.25) is 0 Å². The van der Waals surface area contributed by atoms with Crippen LogP contribution in [-0.2, 0) is 9.22 Å². The van der Waals surface area contributed by atoms with Crippen LogP contribution in [0.2, 0.25) is 19.1 Å². The summed E-state index contributed by atoms with van der Waals surface area (Å²) in [6.45, 7) is 5.04. The summed E-state index contributed by atoms with van der Waals surface area (Å²) in [5.74, 6) is -2.06. The van der Waals surface area contributed by atoms with Gasteiger partial charge in [0.15, 0.2) is 0 Å². The Labute approximate surface area is 76.2 Å². The topological polar surface area (TPSA) is 26.3 Å². The van der Waals surface area contributed by atoms with Crippen molar-refractivity contribution < 1.29 is 22.4 Å². The molecule has 0 N–H and O–H groups in total. The fraction of sp³-hybridized carbons (Fsp3) is 0.857. The zero-order chi connectivity index (χ0) is 10.7. The molecular weight excluding hydrogens is 201 g/mol. The number of carbonyl (C=O) groups is 1. The standard InChI is InChI=1S/C7H13F3O2Si/c1-4-5-13(2,3)12-6(11)7(8,9)10/h4-5H2,1-3H3. The van der Waals surface area contributed by atoms with Gasteiger partial charge in [0.25, 0.3) is 0 Å². The third-order valence-electron chi connectivity index (χ3n) is 1.45. The molecule has 0 rings (SSSR count). The van der Waals surface area contributed by atoms with Crippen LogP contribution in [0.25, 0.3) is 0 Å². The van der Waals surface area contributed by atoms with Gasteiger partial charge in [-0.05, 0) is 19.1 Å². The van der Waals surface area contributed by atoms with E-state index in [1.165, 1.54) is 0 Å². The fourth-order valence-corrected chi connectivity index (χ4v) is 2.89. The lowest BCUT2D eigenvalue weighted by Crippen LogP contribution is -2.38. The predicted octanol–water partition coefficient (Wildman–Crippen LogP) is 2.71. The summed E-state index contributed by atoms with van der Waals surface area (Å²) < 4.78 is 39.7. The van der Waals surface area contributed by atoms with Crippen LogP contribution in [0.5, 0.6) is 0 Å². The molecule has 13 heavy (non-hydrogen) atoms. The number of halogens is 3. The van der Waals surface area contributed by atoms with Gasteiger partial charge in [-0.1, -0.05) is 13.3 Å².